The van der Waals surface area contributed by atoms with Crippen LogP contribution in [0.1, 0.15) is 58.3 Å². The van der Waals surface area contributed by atoms with Gasteiger partial charge in [-0.25, -0.2) is 9.78 Å². The van der Waals surface area contributed by atoms with Crippen LogP contribution in [0, 0.1) is 5.41 Å². The Balaban J connectivity index is 1.21. The number of aliphatic carboxylic acids is 1. The van der Waals surface area contributed by atoms with Gasteiger partial charge in [0.1, 0.15) is 18.2 Å². The molecule has 12 nitrogen and oxygen atoms in total. The van der Waals surface area contributed by atoms with E-state index in [0.717, 1.165) is 60.9 Å². The molecule has 1 heterocycles. The van der Waals surface area contributed by atoms with Crippen LogP contribution >= 0.6 is 15.9 Å². The number of nitrogens with one attached hydrogen (secondary N) is 3. The number of carboxylic acids is 1. The third kappa shape index (κ3) is 13.7. The lowest BCUT2D eigenvalue weighted by atomic mass is 9.70. The highest BCUT2D eigenvalue weighted by Crippen LogP contribution is 2.40. The maximum atomic E-state index is 12.2. The summed E-state index contributed by atoms with van der Waals surface area (Å²) in [6.07, 6.45) is 8.90. The minimum atomic E-state index is -0.957. The topological polar surface area (TPSA) is 153 Å². The average Bonchev–Trinajstić information content (AvgIpc) is 2.99. The first-order valence-electron chi connectivity index (χ1n) is 15.4. The minimum Gasteiger partial charge on any atom is -0.494 e. The van der Waals surface area contributed by atoms with E-state index in [2.05, 4.69) is 41.8 Å². The highest BCUT2D eigenvalue weighted by Gasteiger charge is 2.38. The number of anilines is 3. The molecule has 1 aromatic heterocycles. The first-order valence-corrected chi connectivity index (χ1v) is 16.1. The fourth-order valence-electron chi connectivity index (χ4n) is 4.35. The SMILES string of the molecule is CC1(C(=O)NCCCNc2nc(Nc3ccc(OCCCOCCCCOCCCOCC(=O)O)cc3)ncc2Br)CCC1. The molecule has 4 N–H and O–H groups in total. The summed E-state index contributed by atoms with van der Waals surface area (Å²) in [5.41, 5.74) is 0.671. The number of carbonyl (C=O) groups excluding carboxylic acids is 1. The van der Waals surface area contributed by atoms with Gasteiger partial charge >= 0.3 is 5.97 Å². The number of halogens is 1. The van der Waals surface area contributed by atoms with Crippen molar-refractivity contribution in [2.24, 2.45) is 5.41 Å². The largest absolute Gasteiger partial charge is 0.494 e. The molecule has 0 unspecified atom stereocenters. The molecular weight excluding hydrogens is 634 g/mol. The van der Waals surface area contributed by atoms with Crippen molar-refractivity contribution >= 4 is 45.3 Å². The van der Waals surface area contributed by atoms with Crippen LogP contribution in [0.25, 0.3) is 0 Å². The van der Waals surface area contributed by atoms with Crippen LogP contribution in [0.3, 0.4) is 0 Å². The second-order valence-corrected chi connectivity index (χ2v) is 11.8. The summed E-state index contributed by atoms with van der Waals surface area (Å²) in [5, 5.41) is 18.1. The highest BCUT2D eigenvalue weighted by molar-refractivity contribution is 9.10. The quantitative estimate of drug-likeness (QED) is 0.109. The van der Waals surface area contributed by atoms with Gasteiger partial charge in [-0.05, 0) is 78.7 Å². The van der Waals surface area contributed by atoms with Gasteiger partial charge in [-0.15, -0.1) is 0 Å². The summed E-state index contributed by atoms with van der Waals surface area (Å²) in [7, 11) is 0. The van der Waals surface area contributed by atoms with Crippen molar-refractivity contribution in [2.45, 2.75) is 58.3 Å². The third-order valence-electron chi connectivity index (χ3n) is 7.12. The Morgan fingerprint density at radius 3 is 2.23 bits per heavy atom. The van der Waals surface area contributed by atoms with Crippen molar-refractivity contribution < 1.29 is 33.6 Å². The number of ether oxygens (including phenoxy) is 4. The average molecular weight is 681 g/mol. The van der Waals surface area contributed by atoms with E-state index in [4.69, 9.17) is 24.1 Å². The van der Waals surface area contributed by atoms with Gasteiger partial charge in [0, 0.05) is 69.8 Å². The van der Waals surface area contributed by atoms with Gasteiger partial charge in [-0.1, -0.05) is 13.3 Å². The molecule has 1 aliphatic carbocycles. The van der Waals surface area contributed by atoms with E-state index in [0.29, 0.717) is 70.9 Å². The van der Waals surface area contributed by atoms with Gasteiger partial charge in [-0.3, -0.25) is 4.79 Å². The molecule has 0 atom stereocenters. The molecule has 1 saturated carbocycles. The molecule has 3 rings (SSSR count). The number of carbonyl (C=O) groups is 2. The number of unbranched alkanes of at least 4 members (excludes halogenated alkanes) is 1. The molecule has 1 amide bonds. The standard InChI is InChI=1S/C31H46BrN5O7/c1-31(12-4-13-31)29(40)34-15-5-14-33-28-26(32)22-35-30(37-28)36-24-8-10-25(11-9-24)44-21-7-19-42-17-3-2-16-41-18-6-20-43-23-27(38)39/h8-11,22H,2-7,12-21,23H2,1H3,(H,34,40)(H,38,39)(H2,33,35,36,37). The number of nitrogens with zero attached hydrogens (tertiary/aromatic N) is 2. The van der Waals surface area contributed by atoms with Crippen molar-refractivity contribution in [3.63, 3.8) is 0 Å². The van der Waals surface area contributed by atoms with Crippen molar-refractivity contribution in [1.29, 1.82) is 0 Å². The molecule has 0 spiro atoms. The molecule has 13 heteroatoms. The molecule has 0 aliphatic heterocycles. The third-order valence-corrected chi connectivity index (χ3v) is 7.70. The zero-order chi connectivity index (χ0) is 31.5. The molecule has 44 heavy (non-hydrogen) atoms. The monoisotopic (exact) mass is 679 g/mol. The molecule has 0 radical (unpaired) electrons. The van der Waals surface area contributed by atoms with E-state index in [1.165, 1.54) is 0 Å². The summed E-state index contributed by atoms with van der Waals surface area (Å²) in [6, 6.07) is 7.64. The molecule has 244 valence electrons. The van der Waals surface area contributed by atoms with Crippen molar-refractivity contribution in [3.8, 4) is 5.75 Å². The Morgan fingerprint density at radius 1 is 0.909 bits per heavy atom. The molecule has 0 saturated heterocycles. The van der Waals surface area contributed by atoms with Crippen LogP contribution in [0.2, 0.25) is 0 Å². The number of hydrogen-bond acceptors (Lipinski definition) is 10. The van der Waals surface area contributed by atoms with E-state index >= 15 is 0 Å². The summed E-state index contributed by atoms with van der Waals surface area (Å²) >= 11 is 3.50. The Bertz CT molecular complexity index is 1130. The smallest absolute Gasteiger partial charge is 0.329 e. The van der Waals surface area contributed by atoms with Gasteiger partial charge in [-0.2, -0.15) is 4.98 Å². The normalized spacial score (nSPS) is 13.6. The molecule has 2 aromatic rings. The Morgan fingerprint density at radius 2 is 1.57 bits per heavy atom. The number of amides is 1. The van der Waals surface area contributed by atoms with Gasteiger partial charge in [0.25, 0.3) is 0 Å². The van der Waals surface area contributed by atoms with Crippen LogP contribution < -0.4 is 20.7 Å². The molecule has 0 bridgehead atoms. The number of aromatic nitrogens is 2. The minimum absolute atomic E-state index is 0.159. The van der Waals surface area contributed by atoms with Gasteiger partial charge < -0.3 is 40.0 Å². The lowest BCUT2D eigenvalue weighted by Gasteiger charge is -2.36. The van der Waals surface area contributed by atoms with Crippen molar-refractivity contribution in [1.82, 2.24) is 15.3 Å². The molecular formula is C31H46BrN5O7. The maximum absolute atomic E-state index is 12.2. The predicted molar refractivity (Wildman–Crippen MR) is 172 cm³/mol. The summed E-state index contributed by atoms with van der Waals surface area (Å²) in [6.45, 7) is 6.56. The summed E-state index contributed by atoms with van der Waals surface area (Å²) in [5.74, 6) is 1.14. The molecule has 1 fully saturated rings. The fraction of sp³-hybridized carbons (Fsp3) is 0.613. The Labute approximate surface area is 268 Å². The van der Waals surface area contributed by atoms with Gasteiger partial charge in [0.05, 0.1) is 11.1 Å². The van der Waals surface area contributed by atoms with E-state index in [1.807, 2.05) is 31.2 Å². The first kappa shape index (κ1) is 35.5. The predicted octanol–water partition coefficient (Wildman–Crippen LogP) is 5.16. The van der Waals surface area contributed by atoms with Crippen LogP contribution in [0.15, 0.2) is 34.9 Å². The summed E-state index contributed by atoms with van der Waals surface area (Å²) in [4.78, 5) is 31.5. The van der Waals surface area contributed by atoms with Crippen molar-refractivity contribution in [2.75, 3.05) is 70.0 Å². The lowest BCUT2D eigenvalue weighted by Crippen LogP contribution is -2.43. The van der Waals surface area contributed by atoms with Crippen LogP contribution in [0.4, 0.5) is 17.5 Å². The van der Waals surface area contributed by atoms with E-state index in [9.17, 15) is 9.59 Å². The number of benzene rings is 1. The van der Waals surface area contributed by atoms with Crippen LogP contribution in [-0.2, 0) is 23.8 Å². The Kier molecular flexibility index (Phi) is 16.2. The maximum Gasteiger partial charge on any atom is 0.329 e. The molecule has 1 aromatic carbocycles. The summed E-state index contributed by atoms with van der Waals surface area (Å²) < 4.78 is 22.7. The Hall–Kier alpha value is -3.00. The van der Waals surface area contributed by atoms with Crippen LogP contribution in [0.5, 0.6) is 5.75 Å². The number of rotatable bonds is 24. The first-order chi connectivity index (χ1) is 21.4. The lowest BCUT2D eigenvalue weighted by molar-refractivity contribution is -0.142. The second-order valence-electron chi connectivity index (χ2n) is 10.9. The highest BCUT2D eigenvalue weighted by atomic mass is 79.9. The van der Waals surface area contributed by atoms with Crippen molar-refractivity contribution in [3.05, 3.63) is 34.9 Å². The van der Waals surface area contributed by atoms with E-state index < -0.39 is 5.97 Å². The van der Waals surface area contributed by atoms with E-state index in [-0.39, 0.29) is 17.9 Å². The van der Waals surface area contributed by atoms with Gasteiger partial charge in [0.2, 0.25) is 11.9 Å². The van der Waals surface area contributed by atoms with Crippen LogP contribution in [-0.4, -0.2) is 86.3 Å². The second kappa shape index (κ2) is 20.1. The van der Waals surface area contributed by atoms with E-state index in [1.54, 1.807) is 6.20 Å². The zero-order valence-electron chi connectivity index (χ0n) is 25.6. The zero-order valence-corrected chi connectivity index (χ0v) is 27.2. The number of hydrogen-bond donors (Lipinski definition) is 4. The fourth-order valence-corrected chi connectivity index (χ4v) is 4.68. The number of carboxylic acid groups (broad SMARTS) is 1. The van der Waals surface area contributed by atoms with Gasteiger partial charge in [0.15, 0.2) is 0 Å². The molecule has 1 aliphatic rings.